The van der Waals surface area contributed by atoms with Crippen LogP contribution < -0.4 is 5.32 Å². The Morgan fingerprint density at radius 1 is 1.50 bits per heavy atom. The number of nitrogens with one attached hydrogen (secondary N) is 1. The molecule has 0 fully saturated rings. The highest BCUT2D eigenvalue weighted by molar-refractivity contribution is 5.78. The number of guanidine groups is 1. The Morgan fingerprint density at radius 3 is 1.86 bits per heavy atom. The molecule has 0 aliphatic carbocycles. The number of aliphatic imine (C=N–C) groups is 1. The van der Waals surface area contributed by atoms with Crippen LogP contribution in [0.4, 0.5) is 0 Å². The Kier molecular flexibility index (Phi) is 9.01. The predicted molar refractivity (Wildman–Crippen MR) is 55.4 cm³/mol. The molecule has 0 aliphatic heterocycles. The second kappa shape index (κ2) is 8.31. The van der Waals surface area contributed by atoms with E-state index in [2.05, 4.69) is 10.3 Å². The third-order valence-corrected chi connectivity index (χ3v) is 1.22. The van der Waals surface area contributed by atoms with E-state index in [9.17, 15) is 4.79 Å². The zero-order valence-corrected chi connectivity index (χ0v) is 9.27. The third kappa shape index (κ3) is 8.79. The Morgan fingerprint density at radius 2 is 1.86 bits per heavy atom. The van der Waals surface area contributed by atoms with Gasteiger partial charge < -0.3 is 20.4 Å². The fourth-order valence-electron chi connectivity index (χ4n) is 0.535. The SMILES string of the molecule is CC(O)C(=O)O.CN=C(NC)N(C)C. The van der Waals surface area contributed by atoms with Gasteiger partial charge in [-0.15, -0.1) is 0 Å². The first-order valence-electron chi connectivity index (χ1n) is 4.09. The quantitative estimate of drug-likeness (QED) is 0.385. The van der Waals surface area contributed by atoms with Crippen molar-refractivity contribution in [3.05, 3.63) is 0 Å². The number of nitrogens with zero attached hydrogens (tertiary/aromatic N) is 2. The van der Waals surface area contributed by atoms with Crippen molar-refractivity contribution in [2.75, 3.05) is 28.2 Å². The van der Waals surface area contributed by atoms with Gasteiger partial charge in [0, 0.05) is 28.2 Å². The molecule has 0 amide bonds. The molecule has 0 saturated heterocycles. The van der Waals surface area contributed by atoms with Crippen molar-refractivity contribution in [1.29, 1.82) is 0 Å². The highest BCUT2D eigenvalue weighted by Gasteiger charge is 2.01. The summed E-state index contributed by atoms with van der Waals surface area (Å²) in [7, 11) is 7.49. The lowest BCUT2D eigenvalue weighted by atomic mass is 10.4. The van der Waals surface area contributed by atoms with Crippen LogP contribution in [0, 0.1) is 0 Å². The van der Waals surface area contributed by atoms with Gasteiger partial charge in [-0.1, -0.05) is 0 Å². The molecule has 0 spiro atoms. The van der Waals surface area contributed by atoms with E-state index in [0.717, 1.165) is 5.96 Å². The molecule has 0 heterocycles. The zero-order chi connectivity index (χ0) is 11.7. The van der Waals surface area contributed by atoms with Gasteiger partial charge in [-0.25, -0.2) is 4.79 Å². The van der Waals surface area contributed by atoms with Gasteiger partial charge in [-0.3, -0.25) is 4.99 Å². The van der Waals surface area contributed by atoms with Crippen LogP contribution in [0.1, 0.15) is 6.92 Å². The number of aliphatic hydroxyl groups excluding tert-OH is 1. The summed E-state index contributed by atoms with van der Waals surface area (Å²) in [6, 6.07) is 0. The second-order valence-corrected chi connectivity index (χ2v) is 2.71. The van der Waals surface area contributed by atoms with Gasteiger partial charge in [0.15, 0.2) is 5.96 Å². The molecular formula is C8H19N3O3. The molecule has 6 heteroatoms. The van der Waals surface area contributed by atoms with Crippen molar-refractivity contribution >= 4 is 11.9 Å². The van der Waals surface area contributed by atoms with Crippen molar-refractivity contribution in [2.45, 2.75) is 13.0 Å². The number of carbonyl (C=O) groups is 1. The average molecular weight is 205 g/mol. The van der Waals surface area contributed by atoms with E-state index in [1.54, 1.807) is 7.05 Å². The Balaban J connectivity index is 0. The van der Waals surface area contributed by atoms with Gasteiger partial charge in [0.2, 0.25) is 0 Å². The van der Waals surface area contributed by atoms with Gasteiger partial charge in [0.05, 0.1) is 0 Å². The summed E-state index contributed by atoms with van der Waals surface area (Å²) in [6.07, 6.45) is -1.23. The van der Waals surface area contributed by atoms with E-state index in [4.69, 9.17) is 10.2 Å². The number of hydrogen-bond acceptors (Lipinski definition) is 3. The minimum Gasteiger partial charge on any atom is -0.479 e. The molecule has 0 saturated carbocycles. The topological polar surface area (TPSA) is 85.2 Å². The zero-order valence-electron chi connectivity index (χ0n) is 9.27. The van der Waals surface area contributed by atoms with E-state index in [-0.39, 0.29) is 0 Å². The summed E-state index contributed by atoms with van der Waals surface area (Å²) in [5, 5.41) is 18.7. The van der Waals surface area contributed by atoms with Gasteiger partial charge in [0.25, 0.3) is 0 Å². The highest BCUT2D eigenvalue weighted by atomic mass is 16.4. The summed E-state index contributed by atoms with van der Waals surface area (Å²) in [5.41, 5.74) is 0. The minimum absolute atomic E-state index is 0.894. The fourth-order valence-corrected chi connectivity index (χ4v) is 0.535. The highest BCUT2D eigenvalue weighted by Crippen LogP contribution is 1.74. The molecule has 0 aromatic heterocycles. The molecule has 0 rings (SSSR count). The van der Waals surface area contributed by atoms with Crippen LogP contribution in [-0.4, -0.2) is 61.3 Å². The minimum atomic E-state index is -1.23. The molecule has 14 heavy (non-hydrogen) atoms. The van der Waals surface area contributed by atoms with Crippen molar-refractivity contribution < 1.29 is 15.0 Å². The van der Waals surface area contributed by atoms with Crippen LogP contribution in [0.3, 0.4) is 0 Å². The maximum Gasteiger partial charge on any atom is 0.332 e. The van der Waals surface area contributed by atoms with Gasteiger partial charge in [-0.05, 0) is 6.92 Å². The summed E-state index contributed by atoms with van der Waals surface area (Å²) < 4.78 is 0. The van der Waals surface area contributed by atoms with E-state index >= 15 is 0 Å². The molecule has 84 valence electrons. The summed E-state index contributed by atoms with van der Waals surface area (Å²) in [4.78, 5) is 15.3. The summed E-state index contributed by atoms with van der Waals surface area (Å²) in [5.74, 6) is -0.292. The molecule has 0 bridgehead atoms. The monoisotopic (exact) mass is 205 g/mol. The van der Waals surface area contributed by atoms with E-state index < -0.39 is 12.1 Å². The fraction of sp³-hybridized carbons (Fsp3) is 0.750. The molecule has 0 aliphatic rings. The normalized spacial score (nSPS) is 12.3. The van der Waals surface area contributed by atoms with Crippen LogP contribution in [0.25, 0.3) is 0 Å². The molecule has 3 N–H and O–H groups in total. The van der Waals surface area contributed by atoms with Crippen LogP contribution >= 0.6 is 0 Å². The largest absolute Gasteiger partial charge is 0.479 e. The molecule has 1 unspecified atom stereocenters. The number of hydrogen-bond donors (Lipinski definition) is 3. The van der Waals surface area contributed by atoms with Gasteiger partial charge in [0.1, 0.15) is 6.10 Å². The molecule has 1 atom stereocenters. The van der Waals surface area contributed by atoms with Crippen molar-refractivity contribution in [3.8, 4) is 0 Å². The standard InChI is InChI=1S/C5H13N3.C3H6O3/c1-6-5(7-2)8(3)4;1-2(4)3(5)6/h1-4H3,(H,6,7);2,4H,1H3,(H,5,6). The van der Waals surface area contributed by atoms with Crippen molar-refractivity contribution in [1.82, 2.24) is 10.2 Å². The van der Waals surface area contributed by atoms with E-state index in [0.29, 0.717) is 0 Å². The smallest absolute Gasteiger partial charge is 0.332 e. The Labute approximate surface area is 84.3 Å². The lowest BCUT2D eigenvalue weighted by Gasteiger charge is -2.12. The van der Waals surface area contributed by atoms with E-state index in [1.165, 1.54) is 6.92 Å². The number of aliphatic carboxylic acids is 1. The maximum atomic E-state index is 9.45. The average Bonchev–Trinajstić information content (AvgIpc) is 2.06. The Bertz CT molecular complexity index is 190. The van der Waals surface area contributed by atoms with Crippen LogP contribution in [0.15, 0.2) is 4.99 Å². The maximum absolute atomic E-state index is 9.45. The summed E-state index contributed by atoms with van der Waals surface area (Å²) >= 11 is 0. The first-order valence-corrected chi connectivity index (χ1v) is 4.09. The summed E-state index contributed by atoms with van der Waals surface area (Å²) in [6.45, 7) is 1.20. The number of carboxylic acids is 1. The predicted octanol–water partition coefficient (Wildman–Crippen LogP) is -0.795. The van der Waals surface area contributed by atoms with Crippen LogP contribution in [0.2, 0.25) is 0 Å². The van der Waals surface area contributed by atoms with Gasteiger partial charge >= 0.3 is 5.97 Å². The number of carboxylic acid groups (broad SMARTS) is 1. The molecule has 0 radical (unpaired) electrons. The number of aliphatic hydroxyl groups is 1. The van der Waals surface area contributed by atoms with Crippen LogP contribution in [0.5, 0.6) is 0 Å². The molecule has 0 aromatic rings. The van der Waals surface area contributed by atoms with E-state index in [1.807, 2.05) is 26.0 Å². The van der Waals surface area contributed by atoms with Crippen LogP contribution in [-0.2, 0) is 4.79 Å². The molecule has 0 aromatic carbocycles. The lowest BCUT2D eigenvalue weighted by Crippen LogP contribution is -2.33. The number of rotatable bonds is 1. The molecular weight excluding hydrogens is 186 g/mol. The first kappa shape index (κ1) is 15.2. The van der Waals surface area contributed by atoms with Crippen molar-refractivity contribution in [2.24, 2.45) is 4.99 Å². The molecule has 6 nitrogen and oxygen atoms in total. The first-order chi connectivity index (χ1) is 6.36. The third-order valence-electron chi connectivity index (χ3n) is 1.22. The Hall–Kier alpha value is -1.30. The lowest BCUT2D eigenvalue weighted by molar-refractivity contribution is -0.145. The second-order valence-electron chi connectivity index (χ2n) is 2.71. The van der Waals surface area contributed by atoms with Gasteiger partial charge in [-0.2, -0.15) is 0 Å². The van der Waals surface area contributed by atoms with Crippen molar-refractivity contribution in [3.63, 3.8) is 0 Å².